The molecule has 0 fully saturated rings. The minimum absolute atomic E-state index is 0.0321. The molecule has 0 unspecified atom stereocenters. The summed E-state index contributed by atoms with van der Waals surface area (Å²) in [4.78, 5) is 4.20. The number of benzene rings is 1. The zero-order valence-electron chi connectivity index (χ0n) is 15.0. The molecule has 10 heteroatoms. The van der Waals surface area contributed by atoms with Gasteiger partial charge in [0, 0.05) is 54.0 Å². The molecule has 0 aliphatic heterocycles. The van der Waals surface area contributed by atoms with Crippen molar-refractivity contribution in [3.63, 3.8) is 0 Å². The van der Waals surface area contributed by atoms with Gasteiger partial charge in [-0.15, -0.1) is 0 Å². The van der Waals surface area contributed by atoms with Crippen molar-refractivity contribution in [2.24, 2.45) is 7.05 Å². The number of rotatable bonds is 3. The van der Waals surface area contributed by atoms with E-state index < -0.39 is 11.6 Å². The van der Waals surface area contributed by atoms with E-state index in [-0.39, 0.29) is 33.5 Å². The Hall–Kier alpha value is -3.27. The van der Waals surface area contributed by atoms with E-state index >= 15 is 4.39 Å². The minimum Gasteiger partial charge on any atom is -0.286 e. The third kappa shape index (κ3) is 3.11. The second-order valence-electron chi connectivity index (χ2n) is 6.31. The SMILES string of the molecule is Cc1nn(C(=N)Cc2c(F)cc3ncc(-c4cnn(C)c4)cc3c2F)c(=N)s1. The Morgan fingerprint density at radius 1 is 1.21 bits per heavy atom. The van der Waals surface area contributed by atoms with E-state index in [0.29, 0.717) is 10.6 Å². The molecule has 0 spiro atoms. The molecule has 0 saturated carbocycles. The second kappa shape index (κ2) is 6.71. The summed E-state index contributed by atoms with van der Waals surface area (Å²) in [7, 11) is 1.77. The van der Waals surface area contributed by atoms with Gasteiger partial charge in [0.15, 0.2) is 0 Å². The molecule has 3 heterocycles. The molecule has 0 atom stereocenters. The summed E-state index contributed by atoms with van der Waals surface area (Å²) in [6.07, 6.45) is 4.63. The van der Waals surface area contributed by atoms with Crippen LogP contribution in [0.25, 0.3) is 22.0 Å². The summed E-state index contributed by atoms with van der Waals surface area (Å²) < 4.78 is 32.4. The molecule has 1 aromatic carbocycles. The smallest absolute Gasteiger partial charge is 0.206 e. The molecule has 2 N–H and O–H groups in total. The number of nitrogens with zero attached hydrogens (tertiary/aromatic N) is 5. The lowest BCUT2D eigenvalue weighted by atomic mass is 10.0. The van der Waals surface area contributed by atoms with Crippen molar-refractivity contribution in [3.8, 4) is 11.1 Å². The molecule has 0 radical (unpaired) electrons. The van der Waals surface area contributed by atoms with E-state index in [2.05, 4.69) is 15.2 Å². The van der Waals surface area contributed by atoms with Gasteiger partial charge in [0.2, 0.25) is 4.80 Å². The first-order valence-electron chi connectivity index (χ1n) is 8.28. The van der Waals surface area contributed by atoms with Crippen molar-refractivity contribution < 1.29 is 8.78 Å². The Labute approximate surface area is 161 Å². The van der Waals surface area contributed by atoms with Gasteiger partial charge in [-0.25, -0.2) is 8.78 Å². The van der Waals surface area contributed by atoms with Crippen LogP contribution in [0.15, 0.2) is 30.7 Å². The van der Waals surface area contributed by atoms with E-state index in [0.717, 1.165) is 27.6 Å². The summed E-state index contributed by atoms with van der Waals surface area (Å²) in [5, 5.41) is 24.8. The molecule has 7 nitrogen and oxygen atoms in total. The van der Waals surface area contributed by atoms with Gasteiger partial charge in [-0.05, 0) is 13.0 Å². The lowest BCUT2D eigenvalue weighted by Crippen LogP contribution is -2.26. The molecular formula is C18H15F2N7S. The van der Waals surface area contributed by atoms with Crippen LogP contribution >= 0.6 is 11.3 Å². The van der Waals surface area contributed by atoms with E-state index in [1.54, 1.807) is 43.3 Å². The van der Waals surface area contributed by atoms with Crippen LogP contribution in [0.4, 0.5) is 8.78 Å². The molecule has 142 valence electrons. The van der Waals surface area contributed by atoms with E-state index in [4.69, 9.17) is 10.8 Å². The van der Waals surface area contributed by atoms with Gasteiger partial charge in [0.1, 0.15) is 22.5 Å². The Kier molecular flexibility index (Phi) is 4.34. The van der Waals surface area contributed by atoms with Crippen LogP contribution in [0.5, 0.6) is 0 Å². The maximum atomic E-state index is 15.1. The van der Waals surface area contributed by atoms with Crippen molar-refractivity contribution >= 4 is 28.1 Å². The van der Waals surface area contributed by atoms with E-state index in [9.17, 15) is 4.39 Å². The van der Waals surface area contributed by atoms with Crippen molar-refractivity contribution in [1.29, 1.82) is 10.8 Å². The largest absolute Gasteiger partial charge is 0.286 e. The van der Waals surface area contributed by atoms with Crippen molar-refractivity contribution in [2.45, 2.75) is 13.3 Å². The fourth-order valence-corrected chi connectivity index (χ4v) is 3.59. The standard InChI is InChI=1S/C18H15F2N7S/c1-9-25-27(18(22)28-9)16(21)4-12-14(19)5-15-13(17(12)20)3-10(6-23-15)11-7-24-26(2)8-11/h3,5-8,21-22H,4H2,1-2H3. The monoisotopic (exact) mass is 399 g/mol. The first-order valence-corrected chi connectivity index (χ1v) is 9.10. The van der Waals surface area contributed by atoms with Crippen LogP contribution in [0.2, 0.25) is 0 Å². The number of hydrogen-bond acceptors (Lipinski definition) is 6. The van der Waals surface area contributed by atoms with Crippen molar-refractivity contribution in [1.82, 2.24) is 24.5 Å². The topological polar surface area (TPSA) is 96.2 Å². The van der Waals surface area contributed by atoms with Crippen LogP contribution in [-0.2, 0) is 13.5 Å². The molecule has 0 saturated heterocycles. The first kappa shape index (κ1) is 18.1. The molecule has 4 aromatic rings. The fraction of sp³-hybridized carbons (Fsp3) is 0.167. The molecular weight excluding hydrogens is 384 g/mol. The van der Waals surface area contributed by atoms with Gasteiger partial charge < -0.3 is 0 Å². The number of hydrogen-bond donors (Lipinski definition) is 2. The van der Waals surface area contributed by atoms with E-state index in [1.807, 2.05) is 0 Å². The quantitative estimate of drug-likeness (QED) is 0.409. The third-order valence-corrected chi connectivity index (χ3v) is 5.03. The highest BCUT2D eigenvalue weighted by molar-refractivity contribution is 7.08. The summed E-state index contributed by atoms with van der Waals surface area (Å²) in [5.41, 5.74) is 1.36. The lowest BCUT2D eigenvalue weighted by molar-refractivity contribution is 0.571. The van der Waals surface area contributed by atoms with Gasteiger partial charge in [-0.2, -0.15) is 14.9 Å². The molecule has 4 rings (SSSR count). The van der Waals surface area contributed by atoms with Crippen molar-refractivity contribution in [3.05, 3.63) is 57.7 Å². The van der Waals surface area contributed by atoms with Gasteiger partial charge in [-0.1, -0.05) is 11.3 Å². The zero-order chi connectivity index (χ0) is 20.0. The molecule has 0 bridgehead atoms. The fourth-order valence-electron chi connectivity index (χ4n) is 2.95. The zero-order valence-corrected chi connectivity index (χ0v) is 15.8. The van der Waals surface area contributed by atoms with Gasteiger partial charge in [0.25, 0.3) is 0 Å². The predicted molar refractivity (Wildman–Crippen MR) is 101 cm³/mol. The Morgan fingerprint density at radius 3 is 2.64 bits per heavy atom. The molecule has 0 aliphatic carbocycles. The summed E-state index contributed by atoms with van der Waals surface area (Å²) >= 11 is 1.09. The maximum absolute atomic E-state index is 15.1. The van der Waals surface area contributed by atoms with Crippen LogP contribution in [0.1, 0.15) is 10.6 Å². The summed E-state index contributed by atoms with van der Waals surface area (Å²) in [5.74, 6) is -1.73. The highest BCUT2D eigenvalue weighted by Crippen LogP contribution is 2.27. The minimum atomic E-state index is -0.782. The van der Waals surface area contributed by atoms with Crippen LogP contribution < -0.4 is 4.80 Å². The summed E-state index contributed by atoms with van der Waals surface area (Å²) in [6.45, 7) is 1.70. The Morgan fingerprint density at radius 2 is 2.00 bits per heavy atom. The highest BCUT2D eigenvalue weighted by atomic mass is 32.1. The number of nitrogens with one attached hydrogen (secondary N) is 2. The number of pyridine rings is 1. The molecule has 0 amide bonds. The average Bonchev–Trinajstić information content (AvgIpc) is 3.23. The third-order valence-electron chi connectivity index (χ3n) is 4.29. The molecule has 3 aromatic heterocycles. The molecule has 28 heavy (non-hydrogen) atoms. The highest BCUT2D eigenvalue weighted by Gasteiger charge is 2.18. The Balaban J connectivity index is 1.79. The van der Waals surface area contributed by atoms with Gasteiger partial charge in [0.05, 0.1) is 11.7 Å². The number of fused-ring (bicyclic) bond motifs is 1. The first-order chi connectivity index (χ1) is 13.3. The second-order valence-corrected chi connectivity index (χ2v) is 7.49. The molecule has 0 aliphatic rings. The van der Waals surface area contributed by atoms with Gasteiger partial charge >= 0.3 is 0 Å². The normalized spacial score (nSPS) is 11.3. The van der Waals surface area contributed by atoms with Gasteiger partial charge in [-0.3, -0.25) is 20.5 Å². The van der Waals surface area contributed by atoms with Crippen LogP contribution in [0.3, 0.4) is 0 Å². The average molecular weight is 399 g/mol. The van der Waals surface area contributed by atoms with Crippen LogP contribution in [0, 0.1) is 29.4 Å². The summed E-state index contributed by atoms with van der Waals surface area (Å²) in [6, 6.07) is 2.75. The number of halogens is 2. The van der Waals surface area contributed by atoms with Crippen molar-refractivity contribution in [2.75, 3.05) is 0 Å². The Bertz CT molecular complexity index is 1290. The lowest BCUT2D eigenvalue weighted by Gasteiger charge is -2.10. The number of aromatic nitrogens is 5. The van der Waals surface area contributed by atoms with E-state index in [1.165, 1.54) is 0 Å². The predicted octanol–water partition coefficient (Wildman–Crippen LogP) is 3.03. The number of aryl methyl sites for hydroxylation is 2. The maximum Gasteiger partial charge on any atom is 0.206 e. The van der Waals surface area contributed by atoms with Crippen LogP contribution in [-0.4, -0.2) is 30.4 Å².